The molecule has 0 aromatic heterocycles. The van der Waals surface area contributed by atoms with Gasteiger partial charge in [0.15, 0.2) is 0 Å². The molecule has 2 atom stereocenters. The summed E-state index contributed by atoms with van der Waals surface area (Å²) in [6.07, 6.45) is 3.28. The average Bonchev–Trinajstić information content (AvgIpc) is 3.14. The molecule has 2 aromatic carbocycles. The van der Waals surface area contributed by atoms with Gasteiger partial charge in [-0.3, -0.25) is 4.79 Å². The summed E-state index contributed by atoms with van der Waals surface area (Å²) in [5.74, 6) is 1.80. The molecule has 1 heterocycles. The topological polar surface area (TPSA) is 41.6 Å². The smallest absolute Gasteiger partial charge is 0.251 e. The number of nitrogens with zero attached hydrogens (tertiary/aromatic N) is 1. The van der Waals surface area contributed by atoms with E-state index in [1.165, 1.54) is 41.8 Å². The van der Waals surface area contributed by atoms with Crippen LogP contribution >= 0.6 is 0 Å². The number of amides is 1. The van der Waals surface area contributed by atoms with Crippen LogP contribution in [-0.4, -0.2) is 44.1 Å². The molecule has 0 spiro atoms. The highest BCUT2D eigenvalue weighted by Gasteiger charge is 2.38. The first-order valence-corrected chi connectivity index (χ1v) is 10.1. The monoisotopic (exact) mass is 382 g/mol. The molecule has 0 saturated carbocycles. The zero-order chi connectivity index (χ0) is 19.5. The molecule has 4 rings (SSSR count). The van der Waals surface area contributed by atoms with E-state index in [0.29, 0.717) is 23.9 Å². The standard InChI is InChI=1S/C23H27FN2O2/c1-28-21-5-2-4-16-6-7-18-14-26(15-20(18)22(16)21)13-3-12-25-23(27)17-8-10-19(24)11-9-17/h2,4-5,8-11,18,20H,3,6-7,12-15H2,1H3,(H,25,27). The molecule has 28 heavy (non-hydrogen) atoms. The first kappa shape index (κ1) is 18.9. The van der Waals surface area contributed by atoms with Crippen LogP contribution in [0.3, 0.4) is 0 Å². The Balaban J connectivity index is 1.28. The summed E-state index contributed by atoms with van der Waals surface area (Å²) in [5, 5.41) is 2.93. The number of carbonyl (C=O) groups excluding carboxylic acids is 1. The molecule has 1 aliphatic heterocycles. The number of ether oxygens (including phenoxy) is 1. The number of hydrogen-bond donors (Lipinski definition) is 1. The third-order valence-corrected chi connectivity index (χ3v) is 6.09. The molecule has 2 aromatic rings. The van der Waals surface area contributed by atoms with Crippen LogP contribution in [0, 0.1) is 11.7 Å². The third kappa shape index (κ3) is 3.90. The lowest BCUT2D eigenvalue weighted by molar-refractivity contribution is 0.0952. The Bertz CT molecular complexity index is 823. The minimum Gasteiger partial charge on any atom is -0.496 e. The van der Waals surface area contributed by atoms with E-state index >= 15 is 0 Å². The molecule has 2 unspecified atom stereocenters. The number of fused-ring (bicyclic) bond motifs is 3. The SMILES string of the molecule is COc1cccc2c1C1CN(CCCNC(=O)c3ccc(F)cc3)CC1CC2. The maximum atomic E-state index is 13.0. The largest absolute Gasteiger partial charge is 0.496 e. The number of nitrogens with one attached hydrogen (secondary N) is 1. The molecule has 4 nitrogen and oxygen atoms in total. The van der Waals surface area contributed by atoms with E-state index in [1.54, 1.807) is 7.11 Å². The van der Waals surface area contributed by atoms with Crippen LogP contribution < -0.4 is 10.1 Å². The third-order valence-electron chi connectivity index (χ3n) is 6.09. The fraction of sp³-hybridized carbons (Fsp3) is 0.435. The molecule has 0 bridgehead atoms. The minimum absolute atomic E-state index is 0.145. The van der Waals surface area contributed by atoms with E-state index in [9.17, 15) is 9.18 Å². The number of aryl methyl sites for hydroxylation is 1. The van der Waals surface area contributed by atoms with Crippen molar-refractivity contribution in [1.82, 2.24) is 10.2 Å². The summed E-state index contributed by atoms with van der Waals surface area (Å²) >= 11 is 0. The van der Waals surface area contributed by atoms with E-state index in [-0.39, 0.29) is 11.7 Å². The van der Waals surface area contributed by atoms with Crippen molar-refractivity contribution in [3.8, 4) is 5.75 Å². The zero-order valence-corrected chi connectivity index (χ0v) is 16.3. The Hall–Kier alpha value is -2.40. The molecule has 1 aliphatic carbocycles. The molecule has 0 radical (unpaired) electrons. The van der Waals surface area contributed by atoms with Gasteiger partial charge in [-0.15, -0.1) is 0 Å². The Morgan fingerprint density at radius 1 is 1.21 bits per heavy atom. The second-order valence-electron chi connectivity index (χ2n) is 7.81. The van der Waals surface area contributed by atoms with Gasteiger partial charge in [0.2, 0.25) is 0 Å². The van der Waals surface area contributed by atoms with Crippen molar-refractivity contribution in [1.29, 1.82) is 0 Å². The lowest BCUT2D eigenvalue weighted by Crippen LogP contribution is -2.29. The molecule has 148 valence electrons. The number of rotatable bonds is 6. The maximum Gasteiger partial charge on any atom is 0.251 e. The zero-order valence-electron chi connectivity index (χ0n) is 16.3. The molecule has 2 aliphatic rings. The van der Waals surface area contributed by atoms with Crippen molar-refractivity contribution in [2.75, 3.05) is 33.3 Å². The van der Waals surface area contributed by atoms with Gasteiger partial charge < -0.3 is 15.0 Å². The van der Waals surface area contributed by atoms with Crippen LogP contribution in [-0.2, 0) is 6.42 Å². The highest BCUT2D eigenvalue weighted by molar-refractivity contribution is 5.94. The van der Waals surface area contributed by atoms with Gasteiger partial charge in [0, 0.05) is 36.7 Å². The predicted octanol–water partition coefficient (Wildman–Crippen LogP) is 3.62. The number of carbonyl (C=O) groups is 1. The normalized spacial score (nSPS) is 21.1. The van der Waals surface area contributed by atoms with Gasteiger partial charge in [-0.1, -0.05) is 12.1 Å². The van der Waals surface area contributed by atoms with Gasteiger partial charge in [-0.05, 0) is 67.6 Å². The van der Waals surface area contributed by atoms with Crippen LogP contribution in [0.5, 0.6) is 5.75 Å². The van der Waals surface area contributed by atoms with E-state index in [4.69, 9.17) is 4.74 Å². The molecule has 1 N–H and O–H groups in total. The summed E-state index contributed by atoms with van der Waals surface area (Å²) in [6, 6.07) is 12.1. The van der Waals surface area contributed by atoms with Crippen LogP contribution in [0.2, 0.25) is 0 Å². The van der Waals surface area contributed by atoms with Gasteiger partial charge in [0.1, 0.15) is 11.6 Å². The molecule has 1 amide bonds. The number of benzene rings is 2. The first-order chi connectivity index (χ1) is 13.7. The molecular formula is C23H27FN2O2. The Morgan fingerprint density at radius 2 is 2.04 bits per heavy atom. The van der Waals surface area contributed by atoms with Crippen molar-refractivity contribution in [3.63, 3.8) is 0 Å². The van der Waals surface area contributed by atoms with Crippen LogP contribution in [0.25, 0.3) is 0 Å². The van der Waals surface area contributed by atoms with Gasteiger partial charge in [-0.2, -0.15) is 0 Å². The molecule has 5 heteroatoms. The second-order valence-corrected chi connectivity index (χ2v) is 7.81. The summed E-state index contributed by atoms with van der Waals surface area (Å²) in [5.41, 5.74) is 3.35. The van der Waals surface area contributed by atoms with Crippen molar-refractivity contribution in [2.45, 2.75) is 25.2 Å². The van der Waals surface area contributed by atoms with E-state index < -0.39 is 0 Å². The number of halogens is 1. The van der Waals surface area contributed by atoms with Gasteiger partial charge in [-0.25, -0.2) is 4.39 Å². The Kier molecular flexibility index (Phi) is 5.62. The van der Waals surface area contributed by atoms with Crippen LogP contribution in [0.4, 0.5) is 4.39 Å². The highest BCUT2D eigenvalue weighted by Crippen LogP contribution is 2.45. The molecule has 1 saturated heterocycles. The van der Waals surface area contributed by atoms with Gasteiger partial charge in [0.05, 0.1) is 7.11 Å². The van der Waals surface area contributed by atoms with Crippen molar-refractivity contribution in [3.05, 3.63) is 65.0 Å². The van der Waals surface area contributed by atoms with Gasteiger partial charge in [0.25, 0.3) is 5.91 Å². The maximum absolute atomic E-state index is 13.0. The summed E-state index contributed by atoms with van der Waals surface area (Å²) in [7, 11) is 1.76. The van der Waals surface area contributed by atoms with Crippen LogP contribution in [0.15, 0.2) is 42.5 Å². The Morgan fingerprint density at radius 3 is 2.82 bits per heavy atom. The van der Waals surface area contributed by atoms with Crippen molar-refractivity contribution >= 4 is 5.91 Å². The highest BCUT2D eigenvalue weighted by atomic mass is 19.1. The molecular weight excluding hydrogens is 355 g/mol. The first-order valence-electron chi connectivity index (χ1n) is 10.1. The fourth-order valence-electron chi connectivity index (χ4n) is 4.72. The van der Waals surface area contributed by atoms with Crippen molar-refractivity contribution < 1.29 is 13.9 Å². The quantitative estimate of drug-likeness (QED) is 0.776. The lowest BCUT2D eigenvalue weighted by atomic mass is 9.76. The second kappa shape index (κ2) is 8.31. The molecule has 1 fully saturated rings. The van der Waals surface area contributed by atoms with Gasteiger partial charge >= 0.3 is 0 Å². The number of likely N-dealkylation sites (tertiary alicyclic amines) is 1. The summed E-state index contributed by atoms with van der Waals surface area (Å²) in [4.78, 5) is 14.6. The van der Waals surface area contributed by atoms with E-state index in [1.807, 2.05) is 0 Å². The van der Waals surface area contributed by atoms with Crippen LogP contribution in [0.1, 0.15) is 40.2 Å². The summed E-state index contributed by atoms with van der Waals surface area (Å²) in [6.45, 7) is 3.78. The average molecular weight is 382 g/mol. The van der Waals surface area contributed by atoms with E-state index in [0.717, 1.165) is 38.2 Å². The minimum atomic E-state index is -0.328. The predicted molar refractivity (Wildman–Crippen MR) is 107 cm³/mol. The van der Waals surface area contributed by atoms with Crippen molar-refractivity contribution in [2.24, 2.45) is 5.92 Å². The summed E-state index contributed by atoms with van der Waals surface area (Å²) < 4.78 is 18.6. The Labute approximate surface area is 165 Å². The number of hydrogen-bond acceptors (Lipinski definition) is 3. The lowest BCUT2D eigenvalue weighted by Gasteiger charge is -2.28. The number of methoxy groups -OCH3 is 1. The van der Waals surface area contributed by atoms with E-state index in [2.05, 4.69) is 28.4 Å². The fourth-order valence-corrected chi connectivity index (χ4v) is 4.72.